The van der Waals surface area contributed by atoms with Gasteiger partial charge >= 0.3 is 12.3 Å². The summed E-state index contributed by atoms with van der Waals surface area (Å²) in [6.07, 6.45) is -5.67. The van der Waals surface area contributed by atoms with Crippen LogP contribution in [0.2, 0.25) is 5.02 Å². The molecular weight excluding hydrogens is 511 g/mol. The number of ether oxygens (including phenoxy) is 1. The molecule has 1 aliphatic carbocycles. The summed E-state index contributed by atoms with van der Waals surface area (Å²) in [5.41, 5.74) is -1.03. The maximum atomic E-state index is 14.2. The molecule has 2 aliphatic heterocycles. The van der Waals surface area contributed by atoms with E-state index in [4.69, 9.17) is 16.3 Å². The lowest BCUT2D eigenvalue weighted by atomic mass is 9.72. The van der Waals surface area contributed by atoms with Crippen LogP contribution < -0.4 is 5.32 Å². The van der Waals surface area contributed by atoms with Gasteiger partial charge in [0.2, 0.25) is 5.91 Å². The molecule has 2 saturated heterocycles. The first-order valence-electron chi connectivity index (χ1n) is 12.6. The molecule has 37 heavy (non-hydrogen) atoms. The Bertz CT molecular complexity index is 1040. The number of carbonyl (C=O) groups excluding carboxylic acids is 3. The van der Waals surface area contributed by atoms with Gasteiger partial charge in [0.25, 0.3) is 0 Å². The van der Waals surface area contributed by atoms with Crippen molar-refractivity contribution in [3.63, 3.8) is 0 Å². The zero-order valence-electron chi connectivity index (χ0n) is 21.2. The molecule has 3 aliphatic rings. The van der Waals surface area contributed by atoms with Gasteiger partial charge in [0, 0.05) is 55.5 Å². The van der Waals surface area contributed by atoms with Crippen molar-refractivity contribution in [2.45, 2.75) is 63.3 Å². The third-order valence-electron chi connectivity index (χ3n) is 8.30. The lowest BCUT2D eigenvalue weighted by Crippen LogP contribution is -2.62. The Kier molecular flexibility index (Phi) is 7.56. The second-order valence-corrected chi connectivity index (χ2v) is 11.2. The van der Waals surface area contributed by atoms with Gasteiger partial charge in [-0.15, -0.1) is 0 Å². The fourth-order valence-corrected chi connectivity index (χ4v) is 5.63. The van der Waals surface area contributed by atoms with Crippen molar-refractivity contribution in [2.24, 2.45) is 11.3 Å². The van der Waals surface area contributed by atoms with E-state index in [0.29, 0.717) is 37.5 Å². The Balaban J connectivity index is 1.61. The number of piperidine rings is 1. The second-order valence-electron chi connectivity index (χ2n) is 10.8. The largest absolute Gasteiger partial charge is 0.437 e. The summed E-state index contributed by atoms with van der Waals surface area (Å²) < 4.78 is 44.2. The molecule has 2 heterocycles. The molecule has 0 radical (unpaired) electrons. The molecule has 3 fully saturated rings. The maximum absolute atomic E-state index is 14.2. The molecule has 0 bridgehead atoms. The van der Waals surface area contributed by atoms with Gasteiger partial charge in [0.15, 0.2) is 11.9 Å². The van der Waals surface area contributed by atoms with Gasteiger partial charge < -0.3 is 15.0 Å². The number of amides is 2. The minimum atomic E-state index is -4.73. The number of likely N-dealkylation sites (N-methyl/N-ethyl adjacent to an activating group) is 1. The van der Waals surface area contributed by atoms with Crippen LogP contribution in [0.5, 0.6) is 0 Å². The maximum Gasteiger partial charge on any atom is 0.425 e. The fraction of sp³-hybridized carbons (Fsp3) is 0.654. The predicted octanol–water partition coefficient (Wildman–Crippen LogP) is 4.39. The average molecular weight is 544 g/mol. The van der Waals surface area contributed by atoms with Gasteiger partial charge in [-0.05, 0) is 50.3 Å². The minimum absolute atomic E-state index is 0.0718. The number of hydrogen-bond donors (Lipinski definition) is 1. The number of ketones is 1. The monoisotopic (exact) mass is 543 g/mol. The Labute approximate surface area is 219 Å². The fourth-order valence-electron chi connectivity index (χ4n) is 5.51. The molecule has 7 nitrogen and oxygen atoms in total. The van der Waals surface area contributed by atoms with E-state index in [9.17, 15) is 27.6 Å². The Morgan fingerprint density at radius 1 is 1.16 bits per heavy atom. The van der Waals surface area contributed by atoms with Crippen LogP contribution in [0.3, 0.4) is 0 Å². The second kappa shape index (κ2) is 10.1. The van der Waals surface area contributed by atoms with E-state index >= 15 is 0 Å². The van der Waals surface area contributed by atoms with Gasteiger partial charge in [0.05, 0.1) is 0 Å². The molecule has 4 rings (SSSR count). The van der Waals surface area contributed by atoms with Crippen LogP contribution >= 0.6 is 11.6 Å². The molecule has 11 heteroatoms. The number of nitrogens with one attached hydrogen (secondary N) is 1. The average Bonchev–Trinajstić information content (AvgIpc) is 3.46. The summed E-state index contributed by atoms with van der Waals surface area (Å²) in [6, 6.07) is 6.88. The normalized spacial score (nSPS) is 26.5. The third-order valence-corrected chi connectivity index (χ3v) is 8.55. The highest BCUT2D eigenvalue weighted by atomic mass is 35.5. The van der Waals surface area contributed by atoms with Crippen molar-refractivity contribution in [1.29, 1.82) is 0 Å². The lowest BCUT2D eigenvalue weighted by Gasteiger charge is -2.44. The highest BCUT2D eigenvalue weighted by molar-refractivity contribution is 6.30. The number of benzene rings is 1. The summed E-state index contributed by atoms with van der Waals surface area (Å²) in [4.78, 5) is 42.9. The Morgan fingerprint density at radius 3 is 2.30 bits per heavy atom. The number of alkyl halides is 3. The molecule has 1 aromatic carbocycles. The number of halogens is 4. The summed E-state index contributed by atoms with van der Waals surface area (Å²) in [5.74, 6) is -1.11. The summed E-state index contributed by atoms with van der Waals surface area (Å²) in [6.45, 7) is 3.98. The first kappa shape index (κ1) is 27.7. The zero-order chi connectivity index (χ0) is 27.2. The minimum Gasteiger partial charge on any atom is -0.437 e. The van der Waals surface area contributed by atoms with E-state index in [1.807, 2.05) is 6.92 Å². The van der Waals surface area contributed by atoms with E-state index in [1.54, 1.807) is 29.2 Å². The topological polar surface area (TPSA) is 79.0 Å². The van der Waals surface area contributed by atoms with Crippen LogP contribution in [0.15, 0.2) is 24.3 Å². The Morgan fingerprint density at radius 2 is 1.76 bits per heavy atom. The van der Waals surface area contributed by atoms with Crippen molar-refractivity contribution in [2.75, 3.05) is 33.2 Å². The first-order chi connectivity index (χ1) is 17.3. The van der Waals surface area contributed by atoms with Crippen LogP contribution in [0, 0.1) is 11.3 Å². The van der Waals surface area contributed by atoms with E-state index in [1.165, 1.54) is 7.05 Å². The van der Waals surface area contributed by atoms with Crippen LogP contribution in [0.25, 0.3) is 0 Å². The molecular formula is C26H33ClF3N3O4. The van der Waals surface area contributed by atoms with Gasteiger partial charge in [-0.2, -0.15) is 13.2 Å². The number of Topliss-reactive ketones (excluding diaryl/α,β-unsaturated/α-hetero) is 1. The molecule has 1 N–H and O–H groups in total. The number of hydrogen-bond acceptors (Lipinski definition) is 5. The number of likely N-dealkylation sites (tertiary alicyclic amines) is 1. The summed E-state index contributed by atoms with van der Waals surface area (Å²) in [5, 5.41) is 3.68. The molecule has 1 saturated carbocycles. The van der Waals surface area contributed by atoms with Crippen LogP contribution in [0.1, 0.15) is 51.0 Å². The molecule has 3 atom stereocenters. The van der Waals surface area contributed by atoms with Gasteiger partial charge in [-0.25, -0.2) is 4.79 Å². The van der Waals surface area contributed by atoms with Gasteiger partial charge in [-0.3, -0.25) is 14.5 Å². The predicted molar refractivity (Wildman–Crippen MR) is 131 cm³/mol. The van der Waals surface area contributed by atoms with Crippen molar-refractivity contribution in [3.05, 3.63) is 34.9 Å². The third kappa shape index (κ3) is 5.32. The van der Waals surface area contributed by atoms with Gasteiger partial charge in [0.1, 0.15) is 5.54 Å². The number of carbonyl (C=O) groups is 3. The van der Waals surface area contributed by atoms with Crippen molar-refractivity contribution in [3.8, 4) is 0 Å². The molecule has 0 spiro atoms. The quantitative estimate of drug-likeness (QED) is 0.576. The van der Waals surface area contributed by atoms with Crippen molar-refractivity contribution in [1.82, 2.24) is 15.1 Å². The standard InChI is InChI=1S/C26H33ClF3N3O4/c1-16(26(28,29)30)37-23(36)32(3)25(15-31-14-20(25)17-4-6-19(27)7-5-17)21(34)18-8-12-33(13-9-18)22(35)24(2)10-11-24/h4-7,16,18,20,31H,8-15H2,1-3H3/t16?,20-,25+/m0/s1. The van der Waals surface area contributed by atoms with E-state index in [0.717, 1.165) is 30.2 Å². The molecule has 0 aromatic heterocycles. The van der Waals surface area contributed by atoms with Crippen LogP contribution in [-0.2, 0) is 14.3 Å². The Hall–Kier alpha value is -2.33. The van der Waals surface area contributed by atoms with E-state index in [2.05, 4.69) is 5.32 Å². The lowest BCUT2D eigenvalue weighted by molar-refractivity contribution is -0.200. The zero-order valence-corrected chi connectivity index (χ0v) is 22.0. The number of nitrogens with zero attached hydrogens (tertiary/aromatic N) is 2. The van der Waals surface area contributed by atoms with Crippen molar-refractivity contribution >= 4 is 29.4 Å². The summed E-state index contributed by atoms with van der Waals surface area (Å²) in [7, 11) is 1.33. The molecule has 1 unspecified atom stereocenters. The molecule has 1 aromatic rings. The van der Waals surface area contributed by atoms with Crippen molar-refractivity contribution < 1.29 is 32.3 Å². The van der Waals surface area contributed by atoms with Crippen LogP contribution in [-0.4, -0.2) is 78.6 Å². The summed E-state index contributed by atoms with van der Waals surface area (Å²) >= 11 is 6.06. The smallest absolute Gasteiger partial charge is 0.425 e. The van der Waals surface area contributed by atoms with Gasteiger partial charge in [-0.1, -0.05) is 30.7 Å². The molecule has 2 amide bonds. The highest BCUT2D eigenvalue weighted by Gasteiger charge is 2.57. The number of rotatable bonds is 6. The van der Waals surface area contributed by atoms with Crippen LogP contribution in [0.4, 0.5) is 18.0 Å². The van der Waals surface area contributed by atoms with E-state index < -0.39 is 35.7 Å². The SMILES string of the molecule is CC(OC(=O)N(C)[C@]1(C(=O)C2CCN(C(=O)C3(C)CC3)CC2)CNC[C@H]1c1ccc(Cl)cc1)C(F)(F)F. The van der Waals surface area contributed by atoms with E-state index in [-0.39, 0.29) is 23.7 Å². The molecule has 204 valence electrons. The first-order valence-corrected chi connectivity index (χ1v) is 13.0. The highest BCUT2D eigenvalue weighted by Crippen LogP contribution is 2.47.